The summed E-state index contributed by atoms with van der Waals surface area (Å²) in [5.74, 6) is 3.15. The fourth-order valence-corrected chi connectivity index (χ4v) is 14.2. The third-order valence-electron chi connectivity index (χ3n) is 16.5. The molecule has 0 aromatic rings. The van der Waals surface area contributed by atoms with Crippen LogP contribution in [0.4, 0.5) is 0 Å². The fraction of sp³-hybridized carbons (Fsp3) is 0.976. The summed E-state index contributed by atoms with van der Waals surface area (Å²) in [5, 5.41) is 10.9. The maximum atomic E-state index is 12.0. The van der Waals surface area contributed by atoms with Crippen molar-refractivity contribution in [2.45, 2.75) is 142 Å². The van der Waals surface area contributed by atoms with Crippen molar-refractivity contribution in [2.75, 3.05) is 59.6 Å². The van der Waals surface area contributed by atoms with Crippen LogP contribution in [0.3, 0.4) is 0 Å². The first-order valence-corrected chi connectivity index (χ1v) is 20.5. The molecule has 0 radical (unpaired) electrons. The second-order valence-corrected chi connectivity index (χ2v) is 19.8. The largest absolute Gasteiger partial charge is 0.457 e. The highest BCUT2D eigenvalue weighted by Crippen LogP contribution is 2.87. The number of hydrogen-bond acceptors (Lipinski definition) is 9. The molecule has 3 heterocycles. The predicted octanol–water partition coefficient (Wildman–Crippen LogP) is 5.52. The molecule has 5 aliphatic carbocycles. The molecule has 284 valence electrons. The Morgan fingerprint density at radius 1 is 0.960 bits per heavy atom. The van der Waals surface area contributed by atoms with E-state index in [1.807, 2.05) is 0 Å². The summed E-state index contributed by atoms with van der Waals surface area (Å²) in [4.78, 5) is 17.1. The first kappa shape index (κ1) is 36.2. The van der Waals surface area contributed by atoms with Gasteiger partial charge in [0.1, 0.15) is 0 Å². The van der Waals surface area contributed by atoms with E-state index in [1.165, 1.54) is 58.5 Å². The number of fused-ring (bicyclic) bond motifs is 4. The Morgan fingerprint density at radius 2 is 1.74 bits per heavy atom. The molecular formula is C41H68N2O7. The molecule has 3 aliphatic heterocycles. The van der Waals surface area contributed by atoms with Crippen molar-refractivity contribution in [3.63, 3.8) is 0 Å². The molecule has 0 aromatic carbocycles. The first-order valence-electron chi connectivity index (χ1n) is 20.5. The molecule has 1 N–H and O–H groups in total. The van der Waals surface area contributed by atoms with Gasteiger partial charge in [0, 0.05) is 53.3 Å². The predicted molar refractivity (Wildman–Crippen MR) is 190 cm³/mol. The van der Waals surface area contributed by atoms with Gasteiger partial charge in [0.05, 0.1) is 37.1 Å². The van der Waals surface area contributed by atoms with Crippen molar-refractivity contribution >= 4 is 5.97 Å². The van der Waals surface area contributed by atoms with Crippen LogP contribution in [0.2, 0.25) is 0 Å². The highest BCUT2D eigenvalue weighted by atomic mass is 16.7. The van der Waals surface area contributed by atoms with Gasteiger partial charge in [0.25, 0.3) is 0 Å². The quantitative estimate of drug-likeness (QED) is 0.296. The molecule has 0 bridgehead atoms. The van der Waals surface area contributed by atoms with Gasteiger partial charge in [-0.15, -0.1) is 0 Å². The van der Waals surface area contributed by atoms with Crippen LogP contribution < -0.4 is 0 Å². The molecule has 9 unspecified atom stereocenters. The van der Waals surface area contributed by atoms with Gasteiger partial charge >= 0.3 is 5.97 Å². The van der Waals surface area contributed by atoms with E-state index in [2.05, 4.69) is 30.6 Å². The number of morpholine rings is 1. The highest BCUT2D eigenvalue weighted by molar-refractivity contribution is 5.66. The van der Waals surface area contributed by atoms with Crippen LogP contribution in [-0.2, 0) is 28.5 Å². The second-order valence-electron chi connectivity index (χ2n) is 19.8. The SMILES string of the molecule is COCCN1CC(CN2CCOC(O[C@H]3CCC45C[C@]46CCC4(C)C7CCC([C@H](OC(C)=O)C(C)(C)O)OC7CC4C6CCC5C3(C)C)C2)C1. The van der Waals surface area contributed by atoms with E-state index in [1.54, 1.807) is 21.0 Å². The molecule has 2 spiro atoms. The maximum Gasteiger partial charge on any atom is 0.303 e. The summed E-state index contributed by atoms with van der Waals surface area (Å²) < 4.78 is 31.1. The Balaban J connectivity index is 0.905. The molecule has 0 aromatic heterocycles. The van der Waals surface area contributed by atoms with Crippen molar-refractivity contribution in [3.05, 3.63) is 0 Å². The van der Waals surface area contributed by atoms with Gasteiger partial charge < -0.3 is 33.7 Å². The highest BCUT2D eigenvalue weighted by Gasteiger charge is 2.80. The van der Waals surface area contributed by atoms with E-state index in [4.69, 9.17) is 23.7 Å². The Morgan fingerprint density at radius 3 is 2.48 bits per heavy atom. The van der Waals surface area contributed by atoms with Crippen LogP contribution in [0.1, 0.15) is 106 Å². The Labute approximate surface area is 301 Å². The van der Waals surface area contributed by atoms with Crippen LogP contribution in [-0.4, -0.2) is 117 Å². The van der Waals surface area contributed by atoms with E-state index in [0.29, 0.717) is 34.0 Å². The summed E-state index contributed by atoms with van der Waals surface area (Å²) in [6.45, 7) is 20.6. The van der Waals surface area contributed by atoms with E-state index in [9.17, 15) is 9.90 Å². The Hall–Kier alpha value is -0.810. The lowest BCUT2D eigenvalue weighted by Crippen LogP contribution is -2.57. The van der Waals surface area contributed by atoms with Gasteiger partial charge in [0.2, 0.25) is 0 Å². The number of hydrogen-bond donors (Lipinski definition) is 1. The third kappa shape index (κ3) is 5.85. The van der Waals surface area contributed by atoms with Crippen LogP contribution in [0.15, 0.2) is 0 Å². The molecule has 9 heteroatoms. The van der Waals surface area contributed by atoms with Gasteiger partial charge in [-0.3, -0.25) is 9.69 Å². The standard InChI is InChI=1S/C41H68N2O7/c1-26(44)48-36(38(4,5)45)31-10-8-29-32(49-31)20-30-28-9-11-33-37(2,3)34(12-13-41(33)25-40(28,41)15-14-39(29,30)6)50-35-24-43(17-19-47-35)23-27-21-42(22-27)16-18-46-7/h27-36,45H,8-25H2,1-7H3/t28?,29?,30?,31?,32?,33?,34-,35?,36-,39?,40-,41?/m0/s1. The van der Waals surface area contributed by atoms with E-state index >= 15 is 0 Å². The number of nitrogens with zero attached hydrogens (tertiary/aromatic N) is 2. The Bertz CT molecular complexity index is 1270. The Kier molecular flexibility index (Phi) is 9.34. The smallest absolute Gasteiger partial charge is 0.303 e. The molecule has 12 atom stereocenters. The zero-order valence-corrected chi connectivity index (χ0v) is 32.3. The summed E-state index contributed by atoms with van der Waals surface area (Å²) in [7, 11) is 1.79. The summed E-state index contributed by atoms with van der Waals surface area (Å²) in [6, 6.07) is 0. The number of esters is 1. The average molecular weight is 701 g/mol. The molecule has 5 saturated carbocycles. The minimum Gasteiger partial charge on any atom is -0.457 e. The summed E-state index contributed by atoms with van der Waals surface area (Å²) in [5.41, 5.74) is 0.271. The lowest BCUT2D eigenvalue weighted by molar-refractivity contribution is -0.246. The zero-order valence-electron chi connectivity index (χ0n) is 32.3. The van der Waals surface area contributed by atoms with Crippen LogP contribution in [0.25, 0.3) is 0 Å². The van der Waals surface area contributed by atoms with E-state index in [-0.39, 0.29) is 36.0 Å². The lowest BCUT2D eigenvalue weighted by atomic mass is 9.46. The topological polar surface area (TPSA) is 89.9 Å². The van der Waals surface area contributed by atoms with Crippen molar-refractivity contribution < 1.29 is 33.6 Å². The number of ether oxygens (including phenoxy) is 5. The minimum absolute atomic E-state index is 0.117. The van der Waals surface area contributed by atoms with Gasteiger partial charge in [-0.05, 0) is 129 Å². The number of rotatable bonds is 10. The first-order chi connectivity index (χ1) is 23.7. The van der Waals surface area contributed by atoms with Gasteiger partial charge in [-0.25, -0.2) is 0 Å². The summed E-state index contributed by atoms with van der Waals surface area (Å²) in [6.07, 6.45) is 11.7. The number of aliphatic hydroxyl groups is 1. The number of carbonyl (C=O) groups excluding carboxylic acids is 1. The molecule has 3 saturated heterocycles. The van der Waals surface area contributed by atoms with Crippen LogP contribution >= 0.6 is 0 Å². The van der Waals surface area contributed by atoms with E-state index in [0.717, 1.165) is 76.9 Å². The molecule has 0 amide bonds. The average Bonchev–Trinajstić information content (AvgIpc) is 3.61. The number of methoxy groups -OCH3 is 1. The maximum absolute atomic E-state index is 12.0. The zero-order chi connectivity index (χ0) is 35.3. The number of carbonyl (C=O) groups is 1. The van der Waals surface area contributed by atoms with Crippen molar-refractivity contribution in [1.29, 1.82) is 0 Å². The van der Waals surface area contributed by atoms with Crippen LogP contribution in [0, 0.1) is 51.2 Å². The second kappa shape index (κ2) is 12.9. The fourth-order valence-electron chi connectivity index (χ4n) is 14.2. The van der Waals surface area contributed by atoms with Gasteiger partial charge in [0.15, 0.2) is 12.4 Å². The monoisotopic (exact) mass is 701 g/mol. The van der Waals surface area contributed by atoms with Gasteiger partial charge in [-0.2, -0.15) is 0 Å². The normalized spacial score (nSPS) is 46.4. The molecule has 8 aliphatic rings. The number of likely N-dealkylation sites (tertiary alicyclic amines) is 1. The third-order valence-corrected chi connectivity index (χ3v) is 16.5. The molecule has 8 rings (SSSR count). The summed E-state index contributed by atoms with van der Waals surface area (Å²) >= 11 is 0. The van der Waals surface area contributed by atoms with Crippen LogP contribution in [0.5, 0.6) is 0 Å². The van der Waals surface area contributed by atoms with Crippen molar-refractivity contribution in [2.24, 2.45) is 51.2 Å². The molecular weight excluding hydrogens is 632 g/mol. The lowest BCUT2D eigenvalue weighted by Gasteiger charge is -2.60. The molecule has 9 nitrogen and oxygen atoms in total. The minimum atomic E-state index is -1.14. The molecule has 8 fully saturated rings. The van der Waals surface area contributed by atoms with E-state index < -0.39 is 11.7 Å². The molecule has 50 heavy (non-hydrogen) atoms. The van der Waals surface area contributed by atoms with Crippen molar-refractivity contribution in [1.82, 2.24) is 9.80 Å². The van der Waals surface area contributed by atoms with Crippen molar-refractivity contribution in [3.8, 4) is 0 Å². The van der Waals surface area contributed by atoms with Gasteiger partial charge in [-0.1, -0.05) is 20.8 Å².